The van der Waals surface area contributed by atoms with Crippen LogP contribution in [0.4, 0.5) is 5.82 Å². The van der Waals surface area contributed by atoms with Crippen molar-refractivity contribution < 1.29 is 14.6 Å². The first-order valence-electron chi connectivity index (χ1n) is 6.08. The number of anilines is 1. The molecule has 0 saturated carbocycles. The number of carboxylic acid groups (broad SMARTS) is 1. The fourth-order valence-corrected chi connectivity index (χ4v) is 2.10. The summed E-state index contributed by atoms with van der Waals surface area (Å²) >= 11 is 3.25. The lowest BCUT2D eigenvalue weighted by Crippen LogP contribution is -2.33. The van der Waals surface area contributed by atoms with Crippen molar-refractivity contribution in [2.24, 2.45) is 5.92 Å². The largest absolute Gasteiger partial charge is 0.478 e. The maximum atomic E-state index is 11.3. The Morgan fingerprint density at radius 3 is 2.79 bits per heavy atom. The molecule has 0 amide bonds. The highest BCUT2D eigenvalue weighted by Gasteiger charge is 2.18. The molecule has 0 fully saturated rings. The minimum absolute atomic E-state index is 0.200. The molecule has 0 aliphatic carbocycles. The molecule has 106 valence electrons. The van der Waals surface area contributed by atoms with Crippen molar-refractivity contribution in [3.05, 3.63) is 22.3 Å². The minimum atomic E-state index is -0.977. The summed E-state index contributed by atoms with van der Waals surface area (Å²) in [6, 6.07) is 1.57. The van der Waals surface area contributed by atoms with Gasteiger partial charge in [0.05, 0.1) is 6.61 Å². The Labute approximate surface area is 121 Å². The van der Waals surface area contributed by atoms with Crippen molar-refractivity contribution in [3.8, 4) is 0 Å². The van der Waals surface area contributed by atoms with Crippen LogP contribution in [0.1, 0.15) is 24.2 Å². The average molecular weight is 331 g/mol. The zero-order chi connectivity index (χ0) is 14.4. The number of halogens is 1. The first-order chi connectivity index (χ1) is 8.95. The fraction of sp³-hybridized carbons (Fsp3) is 0.538. The Morgan fingerprint density at radius 1 is 1.58 bits per heavy atom. The average Bonchev–Trinajstić information content (AvgIpc) is 2.34. The molecule has 19 heavy (non-hydrogen) atoms. The van der Waals surface area contributed by atoms with Gasteiger partial charge in [0.2, 0.25) is 0 Å². The number of hydrogen-bond donors (Lipinski definition) is 1. The van der Waals surface area contributed by atoms with E-state index in [2.05, 4.69) is 34.8 Å². The first-order valence-corrected chi connectivity index (χ1v) is 6.87. The van der Waals surface area contributed by atoms with Gasteiger partial charge in [-0.2, -0.15) is 0 Å². The van der Waals surface area contributed by atoms with Crippen LogP contribution in [0.5, 0.6) is 0 Å². The summed E-state index contributed by atoms with van der Waals surface area (Å²) in [7, 11) is 1.63. The second kappa shape index (κ2) is 7.45. The Morgan fingerprint density at radius 2 is 2.26 bits per heavy atom. The van der Waals surface area contributed by atoms with Crippen molar-refractivity contribution in [2.45, 2.75) is 13.8 Å². The Balaban J connectivity index is 3.09. The quantitative estimate of drug-likeness (QED) is 0.832. The van der Waals surface area contributed by atoms with E-state index in [-0.39, 0.29) is 5.56 Å². The third-order valence-electron chi connectivity index (χ3n) is 2.51. The maximum Gasteiger partial charge on any atom is 0.339 e. The highest BCUT2D eigenvalue weighted by Crippen LogP contribution is 2.22. The number of methoxy groups -OCH3 is 1. The van der Waals surface area contributed by atoms with Crippen molar-refractivity contribution in [3.63, 3.8) is 0 Å². The van der Waals surface area contributed by atoms with Crippen LogP contribution in [-0.2, 0) is 4.74 Å². The van der Waals surface area contributed by atoms with Gasteiger partial charge in [0.25, 0.3) is 0 Å². The van der Waals surface area contributed by atoms with Crippen molar-refractivity contribution in [1.29, 1.82) is 0 Å². The number of hydrogen-bond acceptors (Lipinski definition) is 4. The lowest BCUT2D eigenvalue weighted by Gasteiger charge is -2.26. The van der Waals surface area contributed by atoms with Gasteiger partial charge in [0.1, 0.15) is 11.4 Å². The molecule has 0 bridgehead atoms. The molecule has 0 atom stereocenters. The number of ether oxygens (including phenoxy) is 1. The van der Waals surface area contributed by atoms with E-state index in [1.54, 1.807) is 19.4 Å². The summed E-state index contributed by atoms with van der Waals surface area (Å²) in [5, 5.41) is 9.28. The van der Waals surface area contributed by atoms with Gasteiger partial charge >= 0.3 is 5.97 Å². The van der Waals surface area contributed by atoms with E-state index in [1.807, 2.05) is 4.90 Å². The molecule has 1 aromatic rings. The van der Waals surface area contributed by atoms with E-state index in [0.29, 0.717) is 29.4 Å². The smallest absolute Gasteiger partial charge is 0.339 e. The van der Waals surface area contributed by atoms with Gasteiger partial charge in [-0.15, -0.1) is 0 Å². The molecule has 0 saturated heterocycles. The highest BCUT2D eigenvalue weighted by molar-refractivity contribution is 9.10. The monoisotopic (exact) mass is 330 g/mol. The highest BCUT2D eigenvalue weighted by atomic mass is 79.9. The number of rotatable bonds is 7. The number of nitrogens with zero attached hydrogens (tertiary/aromatic N) is 2. The summed E-state index contributed by atoms with van der Waals surface area (Å²) < 4.78 is 5.73. The molecule has 0 aliphatic heterocycles. The standard InChI is InChI=1S/C13H19BrN2O3/c1-9(2)8-16(4-5-19-3)12-11(13(17)18)6-10(14)7-15-12/h6-7,9H,4-5,8H2,1-3H3,(H,17,18). The number of carboxylic acids is 1. The van der Waals surface area contributed by atoms with Crippen molar-refractivity contribution in [2.75, 3.05) is 31.7 Å². The second-order valence-electron chi connectivity index (χ2n) is 4.66. The third kappa shape index (κ3) is 4.80. The second-order valence-corrected chi connectivity index (χ2v) is 5.58. The van der Waals surface area contributed by atoms with E-state index < -0.39 is 5.97 Å². The van der Waals surface area contributed by atoms with Crippen LogP contribution in [0.3, 0.4) is 0 Å². The molecule has 0 radical (unpaired) electrons. The van der Waals surface area contributed by atoms with Crippen molar-refractivity contribution in [1.82, 2.24) is 4.98 Å². The Hall–Kier alpha value is -1.14. The van der Waals surface area contributed by atoms with Gasteiger partial charge in [-0.25, -0.2) is 9.78 Å². The lowest BCUT2D eigenvalue weighted by molar-refractivity contribution is 0.0697. The zero-order valence-electron chi connectivity index (χ0n) is 11.4. The normalized spacial score (nSPS) is 10.8. The molecular formula is C13H19BrN2O3. The zero-order valence-corrected chi connectivity index (χ0v) is 13.0. The summed E-state index contributed by atoms with van der Waals surface area (Å²) in [5.74, 6) is -0.0830. The van der Waals surface area contributed by atoms with E-state index in [1.165, 1.54) is 0 Å². The predicted octanol–water partition coefficient (Wildman–Crippen LogP) is 2.65. The molecule has 5 nitrogen and oxygen atoms in total. The van der Waals surface area contributed by atoms with Gasteiger partial charge in [-0.05, 0) is 27.9 Å². The predicted molar refractivity (Wildman–Crippen MR) is 77.8 cm³/mol. The summed E-state index contributed by atoms with van der Waals surface area (Å²) in [5.41, 5.74) is 0.200. The topological polar surface area (TPSA) is 62.7 Å². The van der Waals surface area contributed by atoms with E-state index in [4.69, 9.17) is 4.74 Å². The van der Waals surface area contributed by atoms with Gasteiger partial charge in [0, 0.05) is 30.9 Å². The Kier molecular flexibility index (Phi) is 6.24. The van der Waals surface area contributed by atoms with Crippen LogP contribution in [0.25, 0.3) is 0 Å². The molecular weight excluding hydrogens is 312 g/mol. The molecule has 6 heteroatoms. The maximum absolute atomic E-state index is 11.3. The molecule has 0 aliphatic rings. The van der Waals surface area contributed by atoms with Gasteiger partial charge < -0.3 is 14.7 Å². The van der Waals surface area contributed by atoms with Gasteiger partial charge in [-0.3, -0.25) is 0 Å². The molecule has 1 N–H and O–H groups in total. The molecule has 0 aromatic carbocycles. The number of aromatic carboxylic acids is 1. The minimum Gasteiger partial charge on any atom is -0.478 e. The molecule has 1 heterocycles. The van der Waals surface area contributed by atoms with Crippen LogP contribution < -0.4 is 4.90 Å². The third-order valence-corrected chi connectivity index (χ3v) is 2.95. The molecule has 0 unspecified atom stereocenters. The summed E-state index contributed by atoms with van der Waals surface area (Å²) in [6.45, 7) is 6.05. The molecule has 1 rings (SSSR count). The van der Waals surface area contributed by atoms with E-state index in [9.17, 15) is 9.90 Å². The number of pyridine rings is 1. The van der Waals surface area contributed by atoms with Gasteiger partial charge in [0.15, 0.2) is 0 Å². The first kappa shape index (κ1) is 15.9. The van der Waals surface area contributed by atoms with Crippen LogP contribution in [0.2, 0.25) is 0 Å². The van der Waals surface area contributed by atoms with Gasteiger partial charge in [-0.1, -0.05) is 13.8 Å². The van der Waals surface area contributed by atoms with Crippen LogP contribution in [0.15, 0.2) is 16.7 Å². The van der Waals surface area contributed by atoms with Crippen LogP contribution in [0, 0.1) is 5.92 Å². The fourth-order valence-electron chi connectivity index (χ4n) is 1.77. The molecule has 1 aromatic heterocycles. The van der Waals surface area contributed by atoms with Crippen LogP contribution in [-0.4, -0.2) is 42.9 Å². The number of aromatic nitrogens is 1. The van der Waals surface area contributed by atoms with E-state index in [0.717, 1.165) is 6.54 Å². The van der Waals surface area contributed by atoms with Crippen molar-refractivity contribution >= 4 is 27.7 Å². The lowest BCUT2D eigenvalue weighted by atomic mass is 10.2. The van der Waals surface area contributed by atoms with E-state index >= 15 is 0 Å². The Bertz CT molecular complexity index is 438. The molecule has 0 spiro atoms. The summed E-state index contributed by atoms with van der Waals surface area (Å²) in [6.07, 6.45) is 1.61. The number of carbonyl (C=O) groups is 1. The van der Waals surface area contributed by atoms with Crippen LogP contribution >= 0.6 is 15.9 Å². The summed E-state index contributed by atoms with van der Waals surface area (Å²) in [4.78, 5) is 17.5. The SMILES string of the molecule is COCCN(CC(C)C)c1ncc(Br)cc1C(=O)O.